The topological polar surface area (TPSA) is 67.9 Å². The highest BCUT2D eigenvalue weighted by Crippen LogP contribution is 2.16. The first-order valence-corrected chi connectivity index (χ1v) is 8.21. The van der Waals surface area contributed by atoms with E-state index in [-0.39, 0.29) is 4.90 Å². The highest BCUT2D eigenvalue weighted by Gasteiger charge is 2.23. The SMILES string of the molecule is CNCc1ccc(S(=O)(=O)N(CCOC)CCOC)cc1. The summed E-state index contributed by atoms with van der Waals surface area (Å²) in [5.74, 6) is 0. The Balaban J connectivity index is 2.92. The molecule has 1 N–H and O–H groups in total. The Morgan fingerprint density at radius 2 is 1.57 bits per heavy atom. The molecule has 0 aliphatic carbocycles. The monoisotopic (exact) mass is 316 g/mol. The molecule has 0 aromatic heterocycles. The molecule has 1 aromatic carbocycles. The summed E-state index contributed by atoms with van der Waals surface area (Å²) in [4.78, 5) is 0.287. The van der Waals surface area contributed by atoms with Gasteiger partial charge in [-0.25, -0.2) is 8.42 Å². The molecule has 0 unspecified atom stereocenters. The van der Waals surface area contributed by atoms with Crippen molar-refractivity contribution >= 4 is 10.0 Å². The molecular weight excluding hydrogens is 292 g/mol. The molecule has 0 saturated carbocycles. The third kappa shape index (κ3) is 5.37. The summed E-state index contributed by atoms with van der Waals surface area (Å²) in [6, 6.07) is 6.89. The summed E-state index contributed by atoms with van der Waals surface area (Å²) >= 11 is 0. The van der Waals surface area contributed by atoms with Gasteiger partial charge in [0.2, 0.25) is 10.0 Å². The Morgan fingerprint density at radius 3 is 2.00 bits per heavy atom. The van der Waals surface area contributed by atoms with Crippen molar-refractivity contribution in [2.24, 2.45) is 0 Å². The lowest BCUT2D eigenvalue weighted by Gasteiger charge is -2.21. The Morgan fingerprint density at radius 1 is 1.05 bits per heavy atom. The van der Waals surface area contributed by atoms with E-state index in [1.165, 1.54) is 4.31 Å². The van der Waals surface area contributed by atoms with Crippen LogP contribution in [0.25, 0.3) is 0 Å². The van der Waals surface area contributed by atoms with E-state index >= 15 is 0 Å². The Hall–Kier alpha value is -0.990. The molecule has 0 atom stereocenters. The predicted octanol–water partition coefficient (Wildman–Crippen LogP) is 0.690. The molecule has 6 nitrogen and oxygen atoms in total. The van der Waals surface area contributed by atoms with Crippen molar-refractivity contribution in [3.05, 3.63) is 29.8 Å². The van der Waals surface area contributed by atoms with Crippen molar-refractivity contribution in [3.63, 3.8) is 0 Å². The van der Waals surface area contributed by atoms with Crippen LogP contribution in [0, 0.1) is 0 Å². The van der Waals surface area contributed by atoms with Gasteiger partial charge in [0, 0.05) is 33.9 Å². The maximum atomic E-state index is 12.6. The van der Waals surface area contributed by atoms with E-state index in [9.17, 15) is 8.42 Å². The van der Waals surface area contributed by atoms with Gasteiger partial charge < -0.3 is 14.8 Å². The number of sulfonamides is 1. The standard InChI is InChI=1S/C14H24N2O4S/c1-15-12-13-4-6-14(7-5-13)21(17,18)16(8-10-19-2)9-11-20-3/h4-7,15H,8-12H2,1-3H3. The Kier molecular flexibility index (Phi) is 7.84. The number of benzene rings is 1. The zero-order chi connectivity index (χ0) is 15.7. The average molecular weight is 316 g/mol. The van der Waals surface area contributed by atoms with E-state index in [2.05, 4.69) is 5.32 Å². The molecule has 1 aromatic rings. The van der Waals surface area contributed by atoms with Crippen molar-refractivity contribution in [2.75, 3.05) is 47.6 Å². The van der Waals surface area contributed by atoms with Crippen molar-refractivity contribution in [3.8, 4) is 0 Å². The minimum absolute atomic E-state index is 0.287. The summed E-state index contributed by atoms with van der Waals surface area (Å²) in [6.07, 6.45) is 0. The third-order valence-corrected chi connectivity index (χ3v) is 4.94. The van der Waals surface area contributed by atoms with Crippen molar-refractivity contribution in [2.45, 2.75) is 11.4 Å². The number of rotatable bonds is 10. The zero-order valence-corrected chi connectivity index (χ0v) is 13.6. The molecule has 0 amide bonds. The van der Waals surface area contributed by atoms with Crippen LogP contribution in [-0.4, -0.2) is 60.3 Å². The fraction of sp³-hybridized carbons (Fsp3) is 0.571. The van der Waals surface area contributed by atoms with Crippen LogP contribution < -0.4 is 5.32 Å². The van der Waals surface area contributed by atoms with E-state index in [4.69, 9.17) is 9.47 Å². The fourth-order valence-electron chi connectivity index (χ4n) is 1.87. The van der Waals surface area contributed by atoms with Crippen molar-refractivity contribution in [1.82, 2.24) is 9.62 Å². The summed E-state index contributed by atoms with van der Waals surface area (Å²) in [7, 11) is 1.42. The molecule has 0 radical (unpaired) electrons. The van der Waals surface area contributed by atoms with E-state index in [0.29, 0.717) is 32.8 Å². The van der Waals surface area contributed by atoms with Crippen LogP contribution in [0.5, 0.6) is 0 Å². The first-order valence-electron chi connectivity index (χ1n) is 6.77. The quantitative estimate of drug-likeness (QED) is 0.688. The second kappa shape index (κ2) is 9.11. The number of nitrogens with one attached hydrogen (secondary N) is 1. The molecule has 0 bridgehead atoms. The lowest BCUT2D eigenvalue weighted by Crippen LogP contribution is -2.36. The summed E-state index contributed by atoms with van der Waals surface area (Å²) < 4.78 is 36.6. The van der Waals surface area contributed by atoms with Gasteiger partial charge in [0.1, 0.15) is 0 Å². The Labute approximate surface area is 127 Å². The number of nitrogens with zero attached hydrogens (tertiary/aromatic N) is 1. The highest BCUT2D eigenvalue weighted by atomic mass is 32.2. The summed E-state index contributed by atoms with van der Waals surface area (Å²) in [5, 5.41) is 3.03. The van der Waals surface area contributed by atoms with Gasteiger partial charge in [0.25, 0.3) is 0 Å². The highest BCUT2D eigenvalue weighted by molar-refractivity contribution is 7.89. The van der Waals surface area contributed by atoms with Gasteiger partial charge in [-0.15, -0.1) is 0 Å². The number of hydrogen-bond acceptors (Lipinski definition) is 5. The first kappa shape index (κ1) is 18.1. The molecule has 0 spiro atoms. The van der Waals surface area contributed by atoms with E-state index in [1.807, 2.05) is 19.2 Å². The normalized spacial score (nSPS) is 12.0. The molecule has 0 heterocycles. The molecule has 0 saturated heterocycles. The third-order valence-electron chi connectivity index (χ3n) is 3.03. The smallest absolute Gasteiger partial charge is 0.243 e. The van der Waals surface area contributed by atoms with E-state index in [0.717, 1.165) is 5.56 Å². The lowest BCUT2D eigenvalue weighted by atomic mass is 10.2. The molecule has 1 rings (SSSR count). The number of methoxy groups -OCH3 is 2. The molecule has 120 valence electrons. The molecule has 0 fully saturated rings. The molecule has 0 aliphatic rings. The van der Waals surface area contributed by atoms with Gasteiger partial charge in [-0.3, -0.25) is 0 Å². The molecular formula is C14H24N2O4S. The van der Waals surface area contributed by atoms with Crippen LogP contribution in [0.3, 0.4) is 0 Å². The first-order chi connectivity index (χ1) is 10.1. The largest absolute Gasteiger partial charge is 0.383 e. The number of ether oxygens (including phenoxy) is 2. The summed E-state index contributed by atoms with van der Waals surface area (Å²) in [6.45, 7) is 2.01. The maximum absolute atomic E-state index is 12.6. The van der Waals surface area contributed by atoms with Crippen LogP contribution in [0.1, 0.15) is 5.56 Å². The minimum atomic E-state index is -3.52. The zero-order valence-electron chi connectivity index (χ0n) is 12.8. The lowest BCUT2D eigenvalue weighted by molar-refractivity contribution is 0.150. The number of hydrogen-bond donors (Lipinski definition) is 1. The second-order valence-corrected chi connectivity index (χ2v) is 6.50. The second-order valence-electron chi connectivity index (χ2n) is 4.56. The van der Waals surface area contributed by atoms with Gasteiger partial charge >= 0.3 is 0 Å². The van der Waals surface area contributed by atoms with Crippen LogP contribution in [-0.2, 0) is 26.0 Å². The van der Waals surface area contributed by atoms with Crippen LogP contribution in [0.2, 0.25) is 0 Å². The maximum Gasteiger partial charge on any atom is 0.243 e. The predicted molar refractivity (Wildman–Crippen MR) is 81.7 cm³/mol. The van der Waals surface area contributed by atoms with Gasteiger partial charge in [0.15, 0.2) is 0 Å². The van der Waals surface area contributed by atoms with Crippen molar-refractivity contribution in [1.29, 1.82) is 0 Å². The minimum Gasteiger partial charge on any atom is -0.383 e. The van der Waals surface area contributed by atoms with Gasteiger partial charge in [-0.05, 0) is 24.7 Å². The van der Waals surface area contributed by atoms with Crippen molar-refractivity contribution < 1.29 is 17.9 Å². The summed E-state index contributed by atoms with van der Waals surface area (Å²) in [5.41, 5.74) is 1.04. The molecule has 7 heteroatoms. The van der Waals surface area contributed by atoms with Crippen LogP contribution in [0.15, 0.2) is 29.2 Å². The van der Waals surface area contributed by atoms with Crippen LogP contribution >= 0.6 is 0 Å². The Bertz CT molecular complexity index is 494. The van der Waals surface area contributed by atoms with Gasteiger partial charge in [0.05, 0.1) is 18.1 Å². The molecule has 21 heavy (non-hydrogen) atoms. The van der Waals surface area contributed by atoms with E-state index in [1.54, 1.807) is 26.4 Å². The van der Waals surface area contributed by atoms with Gasteiger partial charge in [-0.1, -0.05) is 12.1 Å². The van der Waals surface area contributed by atoms with Crippen LogP contribution in [0.4, 0.5) is 0 Å². The molecule has 0 aliphatic heterocycles. The average Bonchev–Trinajstić information content (AvgIpc) is 2.48. The fourth-order valence-corrected chi connectivity index (χ4v) is 3.28. The van der Waals surface area contributed by atoms with Gasteiger partial charge in [-0.2, -0.15) is 4.31 Å². The van der Waals surface area contributed by atoms with E-state index < -0.39 is 10.0 Å².